The molecule has 0 radical (unpaired) electrons. The molecule has 7 nitrogen and oxygen atoms in total. The topological polar surface area (TPSA) is 106 Å². The number of fused-ring (bicyclic) bond motifs is 2. The Kier molecular flexibility index (Phi) is 2.02. The van der Waals surface area contributed by atoms with Crippen molar-refractivity contribution in [2.45, 2.75) is 24.2 Å². The number of aliphatic hydroxyl groups is 2. The summed E-state index contributed by atoms with van der Waals surface area (Å²) in [4.78, 5) is 3.95. The predicted molar refractivity (Wildman–Crippen MR) is 65.2 cm³/mol. The number of rotatable bonds is 2. The smallest absolute Gasteiger partial charge is 0.151 e. The second-order valence-corrected chi connectivity index (χ2v) is 5.19. The number of aliphatic hydroxyl groups excluding tert-OH is 2. The molecule has 7 heteroatoms. The summed E-state index contributed by atoms with van der Waals surface area (Å²) in [5.41, 5.74) is 6.84. The fourth-order valence-electron chi connectivity index (χ4n) is 3.17. The molecular formula is C12H14N4O3. The monoisotopic (exact) mass is 262 g/mol. The van der Waals surface area contributed by atoms with Crippen molar-refractivity contribution in [1.29, 1.82) is 0 Å². The van der Waals surface area contributed by atoms with Crippen molar-refractivity contribution >= 4 is 11.3 Å². The minimum atomic E-state index is -0.630. The van der Waals surface area contributed by atoms with Crippen LogP contribution in [0.5, 0.6) is 0 Å². The molecule has 2 aromatic rings. The van der Waals surface area contributed by atoms with Crippen molar-refractivity contribution in [3.8, 4) is 0 Å². The highest BCUT2D eigenvalue weighted by molar-refractivity contribution is 5.66. The molecule has 4 N–H and O–H groups in total. The maximum atomic E-state index is 10.0. The number of hydrogen-bond donors (Lipinski definition) is 3. The first-order valence-electron chi connectivity index (χ1n) is 6.23. The Morgan fingerprint density at radius 3 is 3.11 bits per heavy atom. The molecule has 0 bridgehead atoms. The van der Waals surface area contributed by atoms with Gasteiger partial charge in [0.2, 0.25) is 0 Å². The summed E-state index contributed by atoms with van der Waals surface area (Å²) in [6.07, 6.45) is 0.980. The minimum absolute atomic E-state index is 0.0129. The molecule has 0 amide bonds. The SMILES string of the molecule is Nc1ncnn2c([C@@]34C[C@H]3[C@H](O)[C@@H](CO)O4)ccc12. The quantitative estimate of drug-likeness (QED) is 0.659. The van der Waals surface area contributed by atoms with Gasteiger partial charge in [-0.3, -0.25) is 0 Å². The number of ether oxygens (including phenoxy) is 1. The normalized spacial score (nSPS) is 36.6. The van der Waals surface area contributed by atoms with Crippen LogP contribution in [-0.4, -0.2) is 43.6 Å². The van der Waals surface area contributed by atoms with Gasteiger partial charge in [0.1, 0.15) is 23.5 Å². The molecule has 2 fully saturated rings. The summed E-state index contributed by atoms with van der Waals surface area (Å²) < 4.78 is 7.56. The highest BCUT2D eigenvalue weighted by Crippen LogP contribution is 2.62. The Morgan fingerprint density at radius 1 is 1.53 bits per heavy atom. The minimum Gasteiger partial charge on any atom is -0.394 e. The third-order valence-electron chi connectivity index (χ3n) is 4.21. The average molecular weight is 262 g/mol. The van der Waals surface area contributed by atoms with Gasteiger partial charge in [-0.15, -0.1) is 0 Å². The second-order valence-electron chi connectivity index (χ2n) is 5.19. The van der Waals surface area contributed by atoms with Crippen LogP contribution in [0.2, 0.25) is 0 Å². The average Bonchev–Trinajstić information content (AvgIpc) is 2.83. The number of nitrogens with zero attached hydrogens (tertiary/aromatic N) is 3. The zero-order chi connectivity index (χ0) is 13.2. The van der Waals surface area contributed by atoms with Crippen LogP contribution in [0.25, 0.3) is 5.52 Å². The third-order valence-corrected chi connectivity index (χ3v) is 4.21. The molecule has 1 aliphatic heterocycles. The molecule has 19 heavy (non-hydrogen) atoms. The molecule has 4 atom stereocenters. The van der Waals surface area contributed by atoms with E-state index in [9.17, 15) is 10.2 Å². The van der Waals surface area contributed by atoms with E-state index in [1.54, 1.807) is 4.52 Å². The van der Waals surface area contributed by atoms with Crippen LogP contribution in [0.1, 0.15) is 12.1 Å². The fraction of sp³-hybridized carbons (Fsp3) is 0.500. The van der Waals surface area contributed by atoms with E-state index in [1.807, 2.05) is 12.1 Å². The molecule has 100 valence electrons. The van der Waals surface area contributed by atoms with Crippen molar-refractivity contribution in [2.75, 3.05) is 12.3 Å². The van der Waals surface area contributed by atoms with E-state index in [-0.39, 0.29) is 12.5 Å². The van der Waals surface area contributed by atoms with Gasteiger partial charge in [0.25, 0.3) is 0 Å². The Hall–Kier alpha value is -1.70. The molecular weight excluding hydrogens is 248 g/mol. The maximum absolute atomic E-state index is 10.0. The van der Waals surface area contributed by atoms with E-state index in [2.05, 4.69) is 10.1 Å². The third kappa shape index (κ3) is 1.27. The van der Waals surface area contributed by atoms with Gasteiger partial charge < -0.3 is 20.7 Å². The maximum Gasteiger partial charge on any atom is 0.151 e. The Balaban J connectivity index is 1.83. The summed E-state index contributed by atoms with van der Waals surface area (Å²) in [6, 6.07) is 3.74. The first-order chi connectivity index (χ1) is 9.17. The molecule has 0 spiro atoms. The van der Waals surface area contributed by atoms with Gasteiger partial charge >= 0.3 is 0 Å². The molecule has 2 aliphatic rings. The number of nitrogen functional groups attached to an aromatic ring is 1. The van der Waals surface area contributed by atoms with E-state index in [4.69, 9.17) is 10.5 Å². The van der Waals surface area contributed by atoms with E-state index < -0.39 is 17.8 Å². The number of aromatic nitrogens is 3. The van der Waals surface area contributed by atoms with Gasteiger partial charge in [0, 0.05) is 5.92 Å². The van der Waals surface area contributed by atoms with Crippen molar-refractivity contribution in [2.24, 2.45) is 5.92 Å². The Bertz CT molecular complexity index is 657. The summed E-state index contributed by atoms with van der Waals surface area (Å²) >= 11 is 0. The lowest BCUT2D eigenvalue weighted by molar-refractivity contribution is -0.0627. The molecule has 2 aromatic heterocycles. The summed E-state index contributed by atoms with van der Waals surface area (Å²) in [7, 11) is 0. The van der Waals surface area contributed by atoms with E-state index in [0.29, 0.717) is 5.82 Å². The van der Waals surface area contributed by atoms with Crippen LogP contribution in [0.4, 0.5) is 5.82 Å². The standard InChI is InChI=1S/C12H14N4O3/c13-11-7-1-2-9(16(7)15-5-14-11)12-3-6(12)10(18)8(4-17)19-12/h1-2,5-6,8,10,17-18H,3-4H2,(H2,13,14,15)/t6-,8+,10-,12+/m0/s1. The van der Waals surface area contributed by atoms with Crippen LogP contribution in [0.3, 0.4) is 0 Å². The van der Waals surface area contributed by atoms with Crippen LogP contribution < -0.4 is 5.73 Å². The number of nitrogens with two attached hydrogens (primary N) is 1. The first-order valence-corrected chi connectivity index (χ1v) is 6.23. The Labute approximate surface area is 108 Å². The molecule has 1 saturated carbocycles. The number of hydrogen-bond acceptors (Lipinski definition) is 6. The number of anilines is 1. The summed E-state index contributed by atoms with van der Waals surface area (Å²) in [6.45, 7) is -0.181. The molecule has 0 unspecified atom stereocenters. The lowest BCUT2D eigenvalue weighted by Crippen LogP contribution is -2.29. The van der Waals surface area contributed by atoms with Crippen LogP contribution in [0.15, 0.2) is 18.5 Å². The van der Waals surface area contributed by atoms with Crippen molar-refractivity contribution < 1.29 is 14.9 Å². The van der Waals surface area contributed by atoms with Gasteiger partial charge in [0.15, 0.2) is 5.82 Å². The highest BCUT2D eigenvalue weighted by Gasteiger charge is 2.69. The fourth-order valence-corrected chi connectivity index (χ4v) is 3.17. The van der Waals surface area contributed by atoms with Gasteiger partial charge in [-0.25, -0.2) is 9.50 Å². The lowest BCUT2D eigenvalue weighted by atomic mass is 10.1. The zero-order valence-corrected chi connectivity index (χ0v) is 10.1. The van der Waals surface area contributed by atoms with E-state index in [0.717, 1.165) is 17.6 Å². The van der Waals surface area contributed by atoms with Gasteiger partial charge in [-0.05, 0) is 18.6 Å². The molecule has 3 heterocycles. The highest BCUT2D eigenvalue weighted by atomic mass is 16.6. The van der Waals surface area contributed by atoms with Gasteiger partial charge in [-0.2, -0.15) is 5.10 Å². The van der Waals surface area contributed by atoms with Gasteiger partial charge in [0.05, 0.1) is 18.4 Å². The molecule has 4 rings (SSSR count). The van der Waals surface area contributed by atoms with Crippen LogP contribution in [0, 0.1) is 5.92 Å². The van der Waals surface area contributed by atoms with E-state index in [1.165, 1.54) is 6.33 Å². The lowest BCUT2D eigenvalue weighted by Gasteiger charge is -2.18. The van der Waals surface area contributed by atoms with Crippen molar-refractivity contribution in [3.63, 3.8) is 0 Å². The summed E-state index contributed by atoms with van der Waals surface area (Å²) in [5.74, 6) is 0.422. The second kappa shape index (κ2) is 3.44. The summed E-state index contributed by atoms with van der Waals surface area (Å²) in [5, 5.41) is 23.4. The largest absolute Gasteiger partial charge is 0.394 e. The molecule has 1 aliphatic carbocycles. The van der Waals surface area contributed by atoms with E-state index >= 15 is 0 Å². The van der Waals surface area contributed by atoms with Gasteiger partial charge in [-0.1, -0.05) is 0 Å². The Morgan fingerprint density at radius 2 is 2.37 bits per heavy atom. The first kappa shape index (κ1) is 11.2. The zero-order valence-electron chi connectivity index (χ0n) is 10.1. The molecule has 0 aromatic carbocycles. The van der Waals surface area contributed by atoms with Crippen LogP contribution >= 0.6 is 0 Å². The molecule has 1 saturated heterocycles. The predicted octanol–water partition coefficient (Wildman–Crippen LogP) is -0.721. The van der Waals surface area contributed by atoms with Crippen LogP contribution in [-0.2, 0) is 10.3 Å². The van der Waals surface area contributed by atoms with Crippen molar-refractivity contribution in [1.82, 2.24) is 14.6 Å². The van der Waals surface area contributed by atoms with Crippen molar-refractivity contribution in [3.05, 3.63) is 24.2 Å².